The van der Waals surface area contributed by atoms with Gasteiger partial charge in [-0.1, -0.05) is 23.7 Å². The van der Waals surface area contributed by atoms with E-state index < -0.39 is 0 Å². The first kappa shape index (κ1) is 15.4. The van der Waals surface area contributed by atoms with Crippen LogP contribution in [0.5, 0.6) is 0 Å². The van der Waals surface area contributed by atoms with Gasteiger partial charge in [-0.05, 0) is 49.4 Å². The molecule has 0 radical (unpaired) electrons. The molecule has 0 bridgehead atoms. The van der Waals surface area contributed by atoms with Crippen LogP contribution < -0.4 is 10.6 Å². The average Bonchev–Trinajstić information content (AvgIpc) is 2.91. The second-order valence-electron chi connectivity index (χ2n) is 5.05. The van der Waals surface area contributed by atoms with Crippen molar-refractivity contribution in [3.63, 3.8) is 0 Å². The molecule has 0 saturated carbocycles. The Bertz CT molecular complexity index is 537. The summed E-state index contributed by atoms with van der Waals surface area (Å²) in [5, 5.41) is 2.92. The molecule has 1 atom stereocenters. The molecule has 2 aromatic rings. The maximum Gasteiger partial charge on any atom is 0.0522 e. The number of thiophene rings is 1. The monoisotopic (exact) mass is 308 g/mol. The Balaban J connectivity index is 2.16. The minimum atomic E-state index is 0.131. The fourth-order valence-corrected chi connectivity index (χ4v) is 3.19. The molecule has 4 heteroatoms. The van der Waals surface area contributed by atoms with Gasteiger partial charge < -0.3 is 10.6 Å². The smallest absolute Gasteiger partial charge is 0.0522 e. The summed E-state index contributed by atoms with van der Waals surface area (Å²) in [6, 6.07) is 10.7. The number of anilines is 1. The first-order chi connectivity index (χ1) is 9.60. The molecule has 0 aliphatic carbocycles. The van der Waals surface area contributed by atoms with E-state index in [1.165, 1.54) is 10.6 Å². The topological polar surface area (TPSA) is 29.3 Å². The zero-order chi connectivity index (χ0) is 14.5. The van der Waals surface area contributed by atoms with Gasteiger partial charge in [0.2, 0.25) is 0 Å². The average molecular weight is 309 g/mol. The number of nitrogens with zero attached hydrogens (tertiary/aromatic N) is 1. The van der Waals surface area contributed by atoms with Gasteiger partial charge in [0.15, 0.2) is 0 Å². The second-order valence-corrected chi connectivity index (χ2v) is 6.49. The van der Waals surface area contributed by atoms with Crippen molar-refractivity contribution in [3.05, 3.63) is 51.2 Å². The fourth-order valence-electron chi connectivity index (χ4n) is 2.22. The minimum Gasteiger partial charge on any atom is -0.367 e. The molecule has 0 saturated heterocycles. The lowest BCUT2D eigenvalue weighted by molar-refractivity contribution is 0.738. The SMILES string of the molecule is CCN(Cc1cccs1)c1ccc(CC(C)N)c(Cl)c1. The molecule has 20 heavy (non-hydrogen) atoms. The van der Waals surface area contributed by atoms with Crippen molar-refractivity contribution in [2.75, 3.05) is 11.4 Å². The molecule has 0 aliphatic rings. The van der Waals surface area contributed by atoms with Crippen molar-refractivity contribution in [2.45, 2.75) is 32.9 Å². The van der Waals surface area contributed by atoms with Crippen LogP contribution in [0.4, 0.5) is 5.69 Å². The normalized spacial score (nSPS) is 12.4. The molecule has 2 nitrogen and oxygen atoms in total. The summed E-state index contributed by atoms with van der Waals surface area (Å²) in [4.78, 5) is 3.69. The number of hydrogen-bond acceptors (Lipinski definition) is 3. The Labute approximate surface area is 130 Å². The highest BCUT2D eigenvalue weighted by molar-refractivity contribution is 7.09. The highest BCUT2D eigenvalue weighted by Gasteiger charge is 2.10. The Morgan fingerprint density at radius 3 is 2.70 bits per heavy atom. The molecule has 1 heterocycles. The Morgan fingerprint density at radius 2 is 2.15 bits per heavy atom. The zero-order valence-electron chi connectivity index (χ0n) is 12.0. The molecule has 0 spiro atoms. The van der Waals surface area contributed by atoms with Crippen molar-refractivity contribution in [1.29, 1.82) is 0 Å². The largest absolute Gasteiger partial charge is 0.367 e. The van der Waals surface area contributed by atoms with Gasteiger partial charge in [0.25, 0.3) is 0 Å². The van der Waals surface area contributed by atoms with Gasteiger partial charge in [0, 0.05) is 28.2 Å². The summed E-state index contributed by atoms with van der Waals surface area (Å²) in [6.07, 6.45) is 0.816. The van der Waals surface area contributed by atoms with E-state index in [1.54, 1.807) is 11.3 Å². The third kappa shape index (κ3) is 3.98. The summed E-state index contributed by atoms with van der Waals surface area (Å²) in [5.41, 5.74) is 8.13. The van der Waals surface area contributed by atoms with E-state index in [0.717, 1.165) is 30.1 Å². The van der Waals surface area contributed by atoms with Crippen LogP contribution in [-0.4, -0.2) is 12.6 Å². The molecule has 1 unspecified atom stereocenters. The van der Waals surface area contributed by atoms with Gasteiger partial charge in [0.1, 0.15) is 0 Å². The summed E-state index contributed by atoms with van der Waals surface area (Å²) < 4.78 is 0. The number of benzene rings is 1. The predicted octanol–water partition coefficient (Wildman–Crippen LogP) is 4.32. The van der Waals surface area contributed by atoms with Gasteiger partial charge in [-0.25, -0.2) is 0 Å². The standard InChI is InChI=1S/C16H21ClN2S/c1-3-19(11-15-5-4-8-20-15)14-7-6-13(9-12(2)18)16(17)10-14/h4-8,10,12H,3,9,11,18H2,1-2H3. The molecular weight excluding hydrogens is 288 g/mol. The van der Waals surface area contributed by atoms with E-state index in [0.29, 0.717) is 0 Å². The van der Waals surface area contributed by atoms with Crippen molar-refractivity contribution in [3.8, 4) is 0 Å². The third-order valence-electron chi connectivity index (χ3n) is 3.25. The second kappa shape index (κ2) is 7.11. The van der Waals surface area contributed by atoms with Crippen LogP contribution in [0.2, 0.25) is 5.02 Å². The minimum absolute atomic E-state index is 0.131. The van der Waals surface area contributed by atoms with Crippen LogP contribution in [0.3, 0.4) is 0 Å². The maximum atomic E-state index is 6.38. The molecular formula is C16H21ClN2S. The van der Waals surface area contributed by atoms with Gasteiger partial charge in [0.05, 0.1) is 6.54 Å². The van der Waals surface area contributed by atoms with Crippen LogP contribution in [-0.2, 0) is 13.0 Å². The molecule has 0 fully saturated rings. The van der Waals surface area contributed by atoms with Crippen molar-refractivity contribution in [2.24, 2.45) is 5.73 Å². The summed E-state index contributed by atoms with van der Waals surface area (Å²) in [7, 11) is 0. The van der Waals surface area contributed by atoms with E-state index in [1.807, 2.05) is 6.92 Å². The first-order valence-electron chi connectivity index (χ1n) is 6.91. The highest BCUT2D eigenvalue weighted by atomic mass is 35.5. The van der Waals surface area contributed by atoms with Crippen LogP contribution in [0.25, 0.3) is 0 Å². The maximum absolute atomic E-state index is 6.38. The van der Waals surface area contributed by atoms with Crippen LogP contribution >= 0.6 is 22.9 Å². The third-order valence-corrected chi connectivity index (χ3v) is 4.47. The van der Waals surface area contributed by atoms with E-state index >= 15 is 0 Å². The van der Waals surface area contributed by atoms with Gasteiger partial charge >= 0.3 is 0 Å². The quantitative estimate of drug-likeness (QED) is 0.861. The predicted molar refractivity (Wildman–Crippen MR) is 89.8 cm³/mol. The van der Waals surface area contributed by atoms with E-state index in [2.05, 4.69) is 47.5 Å². The molecule has 1 aromatic carbocycles. The number of rotatable bonds is 6. The Hall–Kier alpha value is -1.03. The lowest BCUT2D eigenvalue weighted by Gasteiger charge is -2.23. The number of hydrogen-bond donors (Lipinski definition) is 1. The van der Waals surface area contributed by atoms with Crippen LogP contribution in [0.15, 0.2) is 35.7 Å². The van der Waals surface area contributed by atoms with E-state index in [4.69, 9.17) is 17.3 Å². The fraction of sp³-hybridized carbons (Fsp3) is 0.375. The molecule has 2 N–H and O–H groups in total. The van der Waals surface area contributed by atoms with Crippen molar-refractivity contribution < 1.29 is 0 Å². The lowest BCUT2D eigenvalue weighted by Crippen LogP contribution is -2.22. The highest BCUT2D eigenvalue weighted by Crippen LogP contribution is 2.26. The molecule has 0 aliphatic heterocycles. The van der Waals surface area contributed by atoms with E-state index in [-0.39, 0.29) is 6.04 Å². The first-order valence-corrected chi connectivity index (χ1v) is 8.17. The van der Waals surface area contributed by atoms with Crippen molar-refractivity contribution in [1.82, 2.24) is 0 Å². The van der Waals surface area contributed by atoms with Gasteiger partial charge in [-0.2, -0.15) is 0 Å². The molecule has 0 amide bonds. The summed E-state index contributed by atoms with van der Waals surface area (Å²) in [5.74, 6) is 0. The number of nitrogens with two attached hydrogens (primary N) is 1. The lowest BCUT2D eigenvalue weighted by atomic mass is 10.1. The Morgan fingerprint density at radius 1 is 1.35 bits per heavy atom. The van der Waals surface area contributed by atoms with Gasteiger partial charge in [-0.15, -0.1) is 11.3 Å². The summed E-state index contributed by atoms with van der Waals surface area (Å²) >= 11 is 8.16. The van der Waals surface area contributed by atoms with Crippen LogP contribution in [0, 0.1) is 0 Å². The van der Waals surface area contributed by atoms with Crippen LogP contribution in [0.1, 0.15) is 24.3 Å². The summed E-state index contributed by atoms with van der Waals surface area (Å²) in [6.45, 7) is 6.05. The zero-order valence-corrected chi connectivity index (χ0v) is 13.5. The Kier molecular flexibility index (Phi) is 5.46. The molecule has 2 rings (SSSR count). The van der Waals surface area contributed by atoms with Gasteiger partial charge in [-0.3, -0.25) is 0 Å². The van der Waals surface area contributed by atoms with Crippen molar-refractivity contribution >= 4 is 28.6 Å². The van der Waals surface area contributed by atoms with E-state index in [9.17, 15) is 0 Å². The number of halogens is 1. The molecule has 1 aromatic heterocycles. The molecule has 108 valence electrons.